The van der Waals surface area contributed by atoms with Crippen LogP contribution in [0.1, 0.15) is 69.4 Å². The van der Waals surface area contributed by atoms with Gasteiger partial charge in [0.25, 0.3) is 0 Å². The quantitative estimate of drug-likeness (QED) is 0.487. The van der Waals surface area contributed by atoms with Crippen LogP contribution in [0.25, 0.3) is 0 Å². The highest BCUT2D eigenvalue weighted by Gasteiger charge is 2.42. The van der Waals surface area contributed by atoms with Crippen LogP contribution in [0, 0.1) is 0 Å². The van der Waals surface area contributed by atoms with Crippen LogP contribution in [0.5, 0.6) is 5.75 Å². The van der Waals surface area contributed by atoms with E-state index in [2.05, 4.69) is 46.9 Å². The number of hydrogen-bond acceptors (Lipinski definition) is 6. The van der Waals surface area contributed by atoms with Crippen molar-refractivity contribution in [1.29, 1.82) is 0 Å². The molecule has 1 aliphatic rings. The summed E-state index contributed by atoms with van der Waals surface area (Å²) in [5.74, 6) is 1.88. The van der Waals surface area contributed by atoms with E-state index in [-0.39, 0.29) is 41.3 Å². The number of thioether (sulfide) groups is 1. The molecular weight excluding hydrogens is 488 g/mol. The maximum absolute atomic E-state index is 13.6. The molecule has 1 aliphatic heterocycles. The number of nitrogens with zero attached hydrogens (tertiary/aromatic N) is 3. The molecule has 198 valence electrons. The number of carbonyl (C=O) groups is 2. The lowest BCUT2D eigenvalue weighted by Crippen LogP contribution is -2.43. The van der Waals surface area contributed by atoms with E-state index in [0.717, 1.165) is 22.6 Å². The highest BCUT2D eigenvalue weighted by Crippen LogP contribution is 2.50. The van der Waals surface area contributed by atoms with E-state index in [1.54, 1.807) is 42.2 Å². The molecule has 8 nitrogen and oxygen atoms in total. The van der Waals surface area contributed by atoms with E-state index in [1.807, 2.05) is 28.9 Å². The van der Waals surface area contributed by atoms with Crippen LogP contribution in [0.15, 0.2) is 47.1 Å². The molecule has 2 amide bonds. The zero-order valence-corrected chi connectivity index (χ0v) is 23.4. The largest absolute Gasteiger partial charge is 0.496 e. The van der Waals surface area contributed by atoms with Crippen LogP contribution in [0.2, 0.25) is 0 Å². The molecule has 0 spiro atoms. The normalized spacial score (nSPS) is 16.4. The second-order valence-electron chi connectivity index (χ2n) is 11.2. The van der Waals surface area contributed by atoms with E-state index in [1.165, 1.54) is 0 Å². The fourth-order valence-corrected chi connectivity index (χ4v) is 5.69. The van der Waals surface area contributed by atoms with Crippen LogP contribution in [-0.2, 0) is 27.1 Å². The predicted octanol–water partition coefficient (Wildman–Crippen LogP) is 5.02. The van der Waals surface area contributed by atoms with Gasteiger partial charge in [-0.2, -0.15) is 5.10 Å². The number of nitrogens with one attached hydrogen (secondary N) is 1. The summed E-state index contributed by atoms with van der Waals surface area (Å²) in [6, 6.07) is 11.5. The van der Waals surface area contributed by atoms with Gasteiger partial charge < -0.3 is 14.5 Å². The summed E-state index contributed by atoms with van der Waals surface area (Å²) >= 11 is 1.54. The lowest BCUT2D eigenvalue weighted by molar-refractivity contribution is -0.123. The third kappa shape index (κ3) is 5.56. The number of benzene rings is 1. The van der Waals surface area contributed by atoms with Gasteiger partial charge in [-0.15, -0.1) is 11.8 Å². The molecule has 1 N–H and O–H groups in total. The Kier molecular flexibility index (Phi) is 7.46. The highest BCUT2D eigenvalue weighted by atomic mass is 32.2. The molecule has 1 atom stereocenters. The molecule has 0 fully saturated rings. The number of furan rings is 1. The second-order valence-corrected chi connectivity index (χ2v) is 12.3. The standard InChI is InChI=1S/C28H36N4O4S/c1-27(2,3)25-23-24(19-12-8-9-13-20(19)35-7)37-17-22(34)31(26(23)32(30-25)28(4,5)6)16-21(33)29-15-18-11-10-14-36-18/h8-14,24H,15-17H2,1-7H3,(H,29,33)/t24-/m0/s1. The number of rotatable bonds is 6. The first-order valence-electron chi connectivity index (χ1n) is 12.4. The molecule has 2 aromatic heterocycles. The zero-order valence-electron chi connectivity index (χ0n) is 22.6. The molecule has 37 heavy (non-hydrogen) atoms. The summed E-state index contributed by atoms with van der Waals surface area (Å²) < 4.78 is 13.0. The van der Waals surface area contributed by atoms with Gasteiger partial charge in [0.2, 0.25) is 11.8 Å². The van der Waals surface area contributed by atoms with Gasteiger partial charge in [-0.1, -0.05) is 39.0 Å². The first-order chi connectivity index (χ1) is 17.4. The fourth-order valence-electron chi connectivity index (χ4n) is 4.47. The summed E-state index contributed by atoms with van der Waals surface area (Å²) in [5.41, 5.74) is 2.09. The maximum atomic E-state index is 13.6. The van der Waals surface area contributed by atoms with Gasteiger partial charge in [-0.3, -0.25) is 14.5 Å². The minimum atomic E-state index is -0.433. The smallest absolute Gasteiger partial charge is 0.240 e. The monoisotopic (exact) mass is 524 g/mol. The Morgan fingerprint density at radius 3 is 2.51 bits per heavy atom. The first kappa shape index (κ1) is 26.9. The van der Waals surface area contributed by atoms with Crippen molar-refractivity contribution in [2.45, 2.75) is 64.3 Å². The van der Waals surface area contributed by atoms with Gasteiger partial charge in [-0.05, 0) is 39.0 Å². The molecule has 0 saturated heterocycles. The highest BCUT2D eigenvalue weighted by molar-refractivity contribution is 8.00. The van der Waals surface area contributed by atoms with Crippen LogP contribution < -0.4 is 15.0 Å². The molecule has 9 heteroatoms. The molecule has 0 bridgehead atoms. The third-order valence-corrected chi connectivity index (χ3v) is 7.43. The topological polar surface area (TPSA) is 89.6 Å². The molecule has 0 unspecified atom stereocenters. The van der Waals surface area contributed by atoms with Gasteiger partial charge in [0.15, 0.2) is 0 Å². The van der Waals surface area contributed by atoms with Gasteiger partial charge in [0.05, 0.1) is 42.2 Å². The van der Waals surface area contributed by atoms with E-state index in [9.17, 15) is 9.59 Å². The van der Waals surface area contributed by atoms with Crippen LogP contribution in [-0.4, -0.2) is 41.0 Å². The van der Waals surface area contributed by atoms with Crippen molar-refractivity contribution in [2.75, 3.05) is 24.3 Å². The summed E-state index contributed by atoms with van der Waals surface area (Å²) in [5, 5.41) is 7.79. The van der Waals surface area contributed by atoms with E-state index >= 15 is 0 Å². The number of carbonyl (C=O) groups excluding carboxylic acids is 2. The van der Waals surface area contributed by atoms with Crippen molar-refractivity contribution in [3.63, 3.8) is 0 Å². The summed E-state index contributed by atoms with van der Waals surface area (Å²) in [7, 11) is 1.66. The summed E-state index contributed by atoms with van der Waals surface area (Å²) in [6.45, 7) is 12.7. The molecule has 3 heterocycles. The number of aromatic nitrogens is 2. The summed E-state index contributed by atoms with van der Waals surface area (Å²) in [4.78, 5) is 28.3. The Labute approximate surface area is 222 Å². The van der Waals surface area contributed by atoms with Crippen molar-refractivity contribution in [2.24, 2.45) is 0 Å². The van der Waals surface area contributed by atoms with E-state index in [4.69, 9.17) is 14.3 Å². The number of amides is 2. The summed E-state index contributed by atoms with van der Waals surface area (Å²) in [6.07, 6.45) is 1.57. The number of ether oxygens (including phenoxy) is 1. The lowest BCUT2D eigenvalue weighted by Gasteiger charge is -2.29. The van der Waals surface area contributed by atoms with Crippen molar-refractivity contribution >= 4 is 29.4 Å². The first-order valence-corrected chi connectivity index (χ1v) is 13.4. The van der Waals surface area contributed by atoms with E-state index in [0.29, 0.717) is 11.6 Å². The van der Waals surface area contributed by atoms with Gasteiger partial charge in [-0.25, -0.2) is 4.68 Å². The molecule has 0 radical (unpaired) electrons. The van der Waals surface area contributed by atoms with Crippen LogP contribution >= 0.6 is 11.8 Å². The molecule has 0 aliphatic carbocycles. The van der Waals surface area contributed by atoms with Gasteiger partial charge >= 0.3 is 0 Å². The van der Waals surface area contributed by atoms with Crippen molar-refractivity contribution in [3.8, 4) is 5.75 Å². The van der Waals surface area contributed by atoms with Crippen molar-refractivity contribution in [1.82, 2.24) is 15.1 Å². The van der Waals surface area contributed by atoms with Crippen LogP contribution in [0.4, 0.5) is 5.82 Å². The Balaban J connectivity index is 1.87. The minimum absolute atomic E-state index is 0.114. The Bertz CT molecular complexity index is 1270. The third-order valence-electron chi connectivity index (χ3n) is 6.20. The lowest BCUT2D eigenvalue weighted by atomic mass is 9.87. The van der Waals surface area contributed by atoms with Gasteiger partial charge in [0.1, 0.15) is 23.9 Å². The predicted molar refractivity (Wildman–Crippen MR) is 146 cm³/mol. The molecule has 0 saturated carbocycles. The number of anilines is 1. The Morgan fingerprint density at radius 1 is 1.16 bits per heavy atom. The Morgan fingerprint density at radius 2 is 1.89 bits per heavy atom. The average molecular weight is 525 g/mol. The molecule has 1 aromatic carbocycles. The number of fused-ring (bicyclic) bond motifs is 1. The minimum Gasteiger partial charge on any atom is -0.496 e. The fraction of sp³-hybridized carbons (Fsp3) is 0.464. The molecule has 3 aromatic rings. The molecular formula is C28H36N4O4S. The van der Waals surface area contributed by atoms with Crippen molar-refractivity contribution in [3.05, 3.63) is 65.2 Å². The van der Waals surface area contributed by atoms with Crippen LogP contribution in [0.3, 0.4) is 0 Å². The molecule has 4 rings (SSSR count). The average Bonchev–Trinajstić information content (AvgIpc) is 3.47. The number of para-hydroxylation sites is 1. The van der Waals surface area contributed by atoms with Gasteiger partial charge in [0, 0.05) is 16.5 Å². The maximum Gasteiger partial charge on any atom is 0.240 e. The number of methoxy groups -OCH3 is 1. The SMILES string of the molecule is COc1ccccc1[C@@H]1SCC(=O)N(CC(=O)NCc2ccco2)c2c1c(C(C)(C)C)nn2C(C)(C)C. The van der Waals surface area contributed by atoms with E-state index < -0.39 is 5.54 Å². The van der Waals surface area contributed by atoms with Crippen molar-refractivity contribution < 1.29 is 18.7 Å². The second kappa shape index (κ2) is 10.3. The number of hydrogen-bond donors (Lipinski definition) is 1. The zero-order chi connectivity index (χ0) is 27.0. The Hall–Kier alpha value is -3.20.